The number of hydrogen-bond donors (Lipinski definition) is 1. The first-order valence-corrected chi connectivity index (χ1v) is 8.86. The van der Waals surface area contributed by atoms with Gasteiger partial charge in [-0.25, -0.2) is 14.2 Å². The standard InChI is InChI=1S/C20H16FN5O3/c1-12(27)23-8-16-11-26(20(28)29-16)15-3-4-17(18(21)6-15)13-2-5-19-24-14(7-22)10-25(19)9-13/h2-6,9-10,16H,8,11H2,1H3,(H,23,27)/t16-/m0/s1. The Labute approximate surface area is 165 Å². The number of fused-ring (bicyclic) bond motifs is 1. The highest BCUT2D eigenvalue weighted by Crippen LogP contribution is 2.29. The highest BCUT2D eigenvalue weighted by Gasteiger charge is 2.32. The molecule has 1 atom stereocenters. The van der Waals surface area contributed by atoms with Crippen LogP contribution in [0.5, 0.6) is 0 Å². The summed E-state index contributed by atoms with van der Waals surface area (Å²) in [5.74, 6) is -0.716. The molecular weight excluding hydrogens is 377 g/mol. The summed E-state index contributed by atoms with van der Waals surface area (Å²) < 4.78 is 21.7. The van der Waals surface area contributed by atoms with E-state index in [0.717, 1.165) is 0 Å². The second-order valence-electron chi connectivity index (χ2n) is 6.64. The first-order valence-electron chi connectivity index (χ1n) is 8.86. The Kier molecular flexibility index (Phi) is 4.60. The summed E-state index contributed by atoms with van der Waals surface area (Å²) in [5, 5.41) is 11.6. The van der Waals surface area contributed by atoms with Crippen LogP contribution in [0.25, 0.3) is 16.8 Å². The second kappa shape index (κ2) is 7.24. The Hall–Kier alpha value is -3.93. The van der Waals surface area contributed by atoms with Gasteiger partial charge in [-0.3, -0.25) is 9.69 Å². The number of pyridine rings is 1. The minimum Gasteiger partial charge on any atom is -0.442 e. The number of anilines is 1. The van der Waals surface area contributed by atoms with E-state index in [1.165, 1.54) is 17.9 Å². The predicted octanol–water partition coefficient (Wildman–Crippen LogP) is 2.47. The van der Waals surface area contributed by atoms with Gasteiger partial charge in [0, 0.05) is 30.4 Å². The predicted molar refractivity (Wildman–Crippen MR) is 102 cm³/mol. The number of carbonyl (C=O) groups excluding carboxylic acids is 2. The summed E-state index contributed by atoms with van der Waals surface area (Å²) in [5.41, 5.74) is 2.20. The number of carbonyl (C=O) groups is 2. The Morgan fingerprint density at radius 3 is 2.93 bits per heavy atom. The molecule has 29 heavy (non-hydrogen) atoms. The van der Waals surface area contributed by atoms with Crippen molar-refractivity contribution in [1.82, 2.24) is 14.7 Å². The van der Waals surface area contributed by atoms with E-state index in [1.807, 2.05) is 6.07 Å². The maximum absolute atomic E-state index is 14.8. The molecule has 4 rings (SSSR count). The number of nitrogens with one attached hydrogen (secondary N) is 1. The lowest BCUT2D eigenvalue weighted by Crippen LogP contribution is -2.33. The number of aromatic nitrogens is 2. The van der Waals surface area contributed by atoms with Crippen molar-refractivity contribution >= 4 is 23.3 Å². The fourth-order valence-corrected chi connectivity index (χ4v) is 3.21. The molecule has 1 fully saturated rings. The number of ether oxygens (including phenoxy) is 1. The molecule has 1 aromatic carbocycles. The fourth-order valence-electron chi connectivity index (χ4n) is 3.21. The fraction of sp³-hybridized carbons (Fsp3) is 0.200. The van der Waals surface area contributed by atoms with Gasteiger partial charge in [0.25, 0.3) is 0 Å². The molecule has 2 aromatic heterocycles. The number of nitriles is 1. The zero-order valence-electron chi connectivity index (χ0n) is 15.4. The lowest BCUT2D eigenvalue weighted by atomic mass is 10.1. The molecule has 2 amide bonds. The molecule has 3 aromatic rings. The second-order valence-corrected chi connectivity index (χ2v) is 6.64. The molecule has 146 valence electrons. The molecule has 1 N–H and O–H groups in total. The number of amides is 2. The third-order valence-corrected chi connectivity index (χ3v) is 4.59. The van der Waals surface area contributed by atoms with Crippen molar-refractivity contribution in [2.75, 3.05) is 18.0 Å². The van der Waals surface area contributed by atoms with Gasteiger partial charge in [0.2, 0.25) is 5.91 Å². The van der Waals surface area contributed by atoms with Crippen LogP contribution in [0.15, 0.2) is 42.7 Å². The van der Waals surface area contributed by atoms with Crippen LogP contribution in [0, 0.1) is 17.1 Å². The first-order chi connectivity index (χ1) is 13.9. The minimum absolute atomic E-state index is 0.202. The van der Waals surface area contributed by atoms with E-state index in [0.29, 0.717) is 22.5 Å². The number of cyclic esters (lactones) is 1. The van der Waals surface area contributed by atoms with Crippen molar-refractivity contribution in [1.29, 1.82) is 5.26 Å². The van der Waals surface area contributed by atoms with Crippen molar-refractivity contribution in [3.8, 4) is 17.2 Å². The third kappa shape index (κ3) is 3.60. The van der Waals surface area contributed by atoms with Gasteiger partial charge in [-0.15, -0.1) is 0 Å². The third-order valence-electron chi connectivity index (χ3n) is 4.59. The highest BCUT2D eigenvalue weighted by molar-refractivity contribution is 5.90. The average Bonchev–Trinajstić information content (AvgIpc) is 3.28. The lowest BCUT2D eigenvalue weighted by molar-refractivity contribution is -0.119. The number of nitrogens with zero attached hydrogens (tertiary/aromatic N) is 4. The van der Waals surface area contributed by atoms with E-state index < -0.39 is 18.0 Å². The Bertz CT molecular complexity index is 1170. The van der Waals surface area contributed by atoms with E-state index in [-0.39, 0.29) is 24.7 Å². The number of imidazole rings is 1. The quantitative estimate of drug-likeness (QED) is 0.734. The molecule has 1 aliphatic heterocycles. The van der Waals surface area contributed by atoms with Crippen molar-refractivity contribution in [2.45, 2.75) is 13.0 Å². The minimum atomic E-state index is -0.587. The topological polar surface area (TPSA) is 99.7 Å². The van der Waals surface area contributed by atoms with Crippen LogP contribution in [-0.4, -0.2) is 40.6 Å². The van der Waals surface area contributed by atoms with E-state index in [4.69, 9.17) is 10.00 Å². The van der Waals surface area contributed by atoms with Gasteiger partial charge in [0.05, 0.1) is 18.8 Å². The molecule has 0 spiro atoms. The number of rotatable bonds is 4. The van der Waals surface area contributed by atoms with Gasteiger partial charge in [0.15, 0.2) is 5.69 Å². The van der Waals surface area contributed by atoms with Crippen LogP contribution in [0.2, 0.25) is 0 Å². The Balaban J connectivity index is 1.57. The molecule has 0 bridgehead atoms. The highest BCUT2D eigenvalue weighted by atomic mass is 19.1. The number of benzene rings is 1. The summed E-state index contributed by atoms with van der Waals surface area (Å²) in [4.78, 5) is 28.6. The van der Waals surface area contributed by atoms with Crippen LogP contribution in [0.1, 0.15) is 12.6 Å². The summed E-state index contributed by atoms with van der Waals surface area (Å²) in [6.45, 7) is 1.80. The van der Waals surface area contributed by atoms with Crippen LogP contribution >= 0.6 is 0 Å². The average molecular weight is 393 g/mol. The molecule has 0 unspecified atom stereocenters. The zero-order chi connectivity index (χ0) is 20.5. The van der Waals surface area contributed by atoms with Crippen molar-refractivity contribution in [3.05, 3.63) is 54.2 Å². The molecule has 9 heteroatoms. The maximum atomic E-state index is 14.8. The van der Waals surface area contributed by atoms with E-state index >= 15 is 0 Å². The molecule has 8 nitrogen and oxygen atoms in total. The Morgan fingerprint density at radius 2 is 2.21 bits per heavy atom. The molecule has 1 saturated heterocycles. The van der Waals surface area contributed by atoms with Gasteiger partial charge in [-0.1, -0.05) is 0 Å². The van der Waals surface area contributed by atoms with Crippen LogP contribution in [0.4, 0.5) is 14.9 Å². The lowest BCUT2D eigenvalue weighted by Gasteiger charge is -2.14. The molecule has 1 aliphatic rings. The van der Waals surface area contributed by atoms with Gasteiger partial charge >= 0.3 is 6.09 Å². The van der Waals surface area contributed by atoms with E-state index in [1.54, 1.807) is 41.1 Å². The molecule has 0 aliphatic carbocycles. The SMILES string of the molecule is CC(=O)NC[C@H]1CN(c2ccc(-c3ccc4nc(C#N)cn4c3)c(F)c2)C(=O)O1. The van der Waals surface area contributed by atoms with Crippen molar-refractivity contribution in [3.63, 3.8) is 0 Å². The van der Waals surface area contributed by atoms with Crippen LogP contribution in [-0.2, 0) is 9.53 Å². The number of halogens is 1. The summed E-state index contributed by atoms with van der Waals surface area (Å²) >= 11 is 0. The van der Waals surface area contributed by atoms with Gasteiger partial charge in [-0.2, -0.15) is 5.26 Å². The maximum Gasteiger partial charge on any atom is 0.414 e. The summed E-state index contributed by atoms with van der Waals surface area (Å²) in [6.07, 6.45) is 2.18. The van der Waals surface area contributed by atoms with Crippen LogP contribution < -0.4 is 10.2 Å². The van der Waals surface area contributed by atoms with Gasteiger partial charge < -0.3 is 14.5 Å². The van der Waals surface area contributed by atoms with Gasteiger partial charge in [0.1, 0.15) is 23.6 Å². The largest absolute Gasteiger partial charge is 0.442 e. The summed E-state index contributed by atoms with van der Waals surface area (Å²) in [7, 11) is 0. The van der Waals surface area contributed by atoms with Gasteiger partial charge in [-0.05, 0) is 30.3 Å². The van der Waals surface area contributed by atoms with Crippen molar-refractivity contribution < 1.29 is 18.7 Å². The molecule has 0 radical (unpaired) electrons. The normalized spacial score (nSPS) is 16.0. The molecule has 3 heterocycles. The smallest absolute Gasteiger partial charge is 0.414 e. The van der Waals surface area contributed by atoms with Crippen molar-refractivity contribution in [2.24, 2.45) is 0 Å². The monoisotopic (exact) mass is 393 g/mol. The van der Waals surface area contributed by atoms with E-state index in [9.17, 15) is 14.0 Å². The Morgan fingerprint density at radius 1 is 1.38 bits per heavy atom. The molecular formula is C20H16FN5O3. The zero-order valence-corrected chi connectivity index (χ0v) is 15.4. The summed E-state index contributed by atoms with van der Waals surface area (Å²) in [6, 6.07) is 9.89. The molecule has 0 saturated carbocycles. The first kappa shape index (κ1) is 18.4. The number of hydrogen-bond acceptors (Lipinski definition) is 5. The van der Waals surface area contributed by atoms with Crippen LogP contribution in [0.3, 0.4) is 0 Å². The van der Waals surface area contributed by atoms with E-state index in [2.05, 4.69) is 10.3 Å².